The van der Waals surface area contributed by atoms with Gasteiger partial charge in [0.15, 0.2) is 0 Å². The molecule has 1 fully saturated rings. The minimum absolute atomic E-state index is 0.827. The molecule has 118 valence electrons. The summed E-state index contributed by atoms with van der Waals surface area (Å²) in [6.45, 7) is 9.61. The van der Waals surface area contributed by atoms with E-state index in [1.165, 1.54) is 57.5 Å². The zero-order valence-corrected chi connectivity index (χ0v) is 14.8. The number of quaternary nitrogens is 2. The van der Waals surface area contributed by atoms with E-state index in [-0.39, 0.29) is 0 Å². The van der Waals surface area contributed by atoms with Crippen LogP contribution in [0.5, 0.6) is 5.75 Å². The van der Waals surface area contributed by atoms with Crippen LogP contribution in [0.25, 0.3) is 0 Å². The molecule has 21 heavy (non-hydrogen) atoms. The summed E-state index contributed by atoms with van der Waals surface area (Å²) in [7, 11) is 0. The Morgan fingerprint density at radius 2 is 1.90 bits per heavy atom. The Labute approximate surface area is 137 Å². The van der Waals surface area contributed by atoms with E-state index in [0.29, 0.717) is 0 Å². The Hall–Kier alpha value is -0.580. The number of hydrogen-bond donors (Lipinski definition) is 2. The van der Waals surface area contributed by atoms with E-state index in [1.807, 2.05) is 0 Å². The second-order valence-electron chi connectivity index (χ2n) is 6.06. The largest absolute Gasteiger partial charge is 0.492 e. The SMILES string of the molecule is Cc1ccc(OCCCCCC[NH+]2CC[NH2+]CC2)c(Br)c1. The molecule has 2 rings (SSSR count). The van der Waals surface area contributed by atoms with Crippen LogP contribution < -0.4 is 15.0 Å². The molecule has 0 spiro atoms. The second kappa shape index (κ2) is 9.44. The lowest BCUT2D eigenvalue weighted by Crippen LogP contribution is -3.20. The fourth-order valence-electron chi connectivity index (χ4n) is 2.87. The minimum atomic E-state index is 0.827. The van der Waals surface area contributed by atoms with Crippen LogP contribution in [-0.4, -0.2) is 39.3 Å². The van der Waals surface area contributed by atoms with E-state index in [1.54, 1.807) is 4.90 Å². The summed E-state index contributed by atoms with van der Waals surface area (Å²) in [5.74, 6) is 0.967. The van der Waals surface area contributed by atoms with Crippen molar-refractivity contribution < 1.29 is 15.0 Å². The van der Waals surface area contributed by atoms with Crippen molar-refractivity contribution in [3.8, 4) is 5.75 Å². The first-order valence-corrected chi connectivity index (χ1v) is 9.09. The average molecular weight is 357 g/mol. The number of nitrogens with two attached hydrogens (primary N) is 1. The van der Waals surface area contributed by atoms with Crippen molar-refractivity contribution >= 4 is 15.9 Å². The Morgan fingerprint density at radius 3 is 2.67 bits per heavy atom. The number of aryl methyl sites for hydroxylation is 1. The molecule has 3 N–H and O–H groups in total. The molecule has 1 aliphatic heterocycles. The van der Waals surface area contributed by atoms with Gasteiger partial charge in [-0.3, -0.25) is 0 Å². The smallest absolute Gasteiger partial charge is 0.133 e. The summed E-state index contributed by atoms with van der Waals surface area (Å²) in [4.78, 5) is 1.80. The molecule has 0 bridgehead atoms. The number of ether oxygens (including phenoxy) is 1. The quantitative estimate of drug-likeness (QED) is 0.672. The maximum Gasteiger partial charge on any atom is 0.133 e. The maximum absolute atomic E-state index is 5.83. The van der Waals surface area contributed by atoms with Crippen LogP contribution in [0, 0.1) is 6.92 Å². The van der Waals surface area contributed by atoms with Crippen molar-refractivity contribution in [1.82, 2.24) is 0 Å². The summed E-state index contributed by atoms with van der Waals surface area (Å²) in [6.07, 6.45) is 5.14. The normalized spacial score (nSPS) is 16.1. The van der Waals surface area contributed by atoms with E-state index >= 15 is 0 Å². The molecule has 1 aromatic carbocycles. The van der Waals surface area contributed by atoms with Crippen molar-refractivity contribution in [3.05, 3.63) is 28.2 Å². The second-order valence-corrected chi connectivity index (χ2v) is 6.92. The van der Waals surface area contributed by atoms with E-state index < -0.39 is 0 Å². The molecule has 0 aliphatic carbocycles. The fraction of sp³-hybridized carbons (Fsp3) is 0.647. The van der Waals surface area contributed by atoms with Crippen molar-refractivity contribution in [2.24, 2.45) is 0 Å². The highest BCUT2D eigenvalue weighted by molar-refractivity contribution is 9.10. The van der Waals surface area contributed by atoms with Crippen LogP contribution >= 0.6 is 15.9 Å². The van der Waals surface area contributed by atoms with E-state index in [9.17, 15) is 0 Å². The standard InChI is InChI=1S/C17H27BrN2O/c1-15-6-7-17(16(18)14-15)21-13-5-3-2-4-10-20-11-8-19-9-12-20/h6-7,14,19H,2-5,8-13H2,1H3/p+2. The summed E-state index contributed by atoms with van der Waals surface area (Å²) in [6, 6.07) is 6.25. The van der Waals surface area contributed by atoms with Crippen LogP contribution in [0.3, 0.4) is 0 Å². The fourth-order valence-corrected chi connectivity index (χ4v) is 3.48. The highest BCUT2D eigenvalue weighted by Crippen LogP contribution is 2.25. The van der Waals surface area contributed by atoms with Crippen LogP contribution in [0.15, 0.2) is 22.7 Å². The highest BCUT2D eigenvalue weighted by Gasteiger charge is 2.14. The van der Waals surface area contributed by atoms with Gasteiger partial charge in [0.1, 0.15) is 31.9 Å². The summed E-state index contributed by atoms with van der Waals surface area (Å²) in [5, 5.41) is 2.43. The number of nitrogens with one attached hydrogen (secondary N) is 1. The minimum Gasteiger partial charge on any atom is -0.492 e. The Morgan fingerprint density at radius 1 is 1.14 bits per heavy atom. The molecule has 0 aromatic heterocycles. The molecule has 1 saturated heterocycles. The predicted molar refractivity (Wildman–Crippen MR) is 90.1 cm³/mol. The summed E-state index contributed by atoms with van der Waals surface area (Å²) in [5.41, 5.74) is 1.26. The molecule has 3 nitrogen and oxygen atoms in total. The molecule has 0 amide bonds. The number of rotatable bonds is 8. The first kappa shape index (κ1) is 16.8. The molecule has 0 radical (unpaired) electrons. The third-order valence-electron chi connectivity index (χ3n) is 4.17. The van der Waals surface area contributed by atoms with Crippen LogP contribution in [0.1, 0.15) is 31.2 Å². The molecule has 4 heteroatoms. The zero-order valence-electron chi connectivity index (χ0n) is 13.2. The van der Waals surface area contributed by atoms with Gasteiger partial charge in [-0.25, -0.2) is 0 Å². The number of benzene rings is 1. The molecule has 0 atom stereocenters. The highest BCUT2D eigenvalue weighted by atomic mass is 79.9. The van der Waals surface area contributed by atoms with Gasteiger partial charge in [-0.2, -0.15) is 0 Å². The number of unbranched alkanes of at least 4 members (excludes halogenated alkanes) is 3. The zero-order chi connectivity index (χ0) is 14.9. The lowest BCUT2D eigenvalue weighted by atomic mass is 10.2. The van der Waals surface area contributed by atoms with Crippen molar-refractivity contribution in [2.45, 2.75) is 32.6 Å². The topological polar surface area (TPSA) is 30.3 Å². The molecular formula is C17H29BrN2O+2. The Bertz CT molecular complexity index is 419. The van der Waals surface area contributed by atoms with Crippen molar-refractivity contribution in [2.75, 3.05) is 39.3 Å². The third-order valence-corrected chi connectivity index (χ3v) is 4.79. The summed E-state index contributed by atoms with van der Waals surface area (Å²) >= 11 is 3.55. The van der Waals surface area contributed by atoms with E-state index in [4.69, 9.17) is 4.74 Å². The van der Waals surface area contributed by atoms with E-state index in [2.05, 4.69) is 46.4 Å². The molecule has 0 unspecified atom stereocenters. The maximum atomic E-state index is 5.83. The molecule has 1 aromatic rings. The molecule has 1 aliphatic rings. The lowest BCUT2D eigenvalue weighted by molar-refractivity contribution is -0.946. The van der Waals surface area contributed by atoms with Crippen LogP contribution in [0.2, 0.25) is 0 Å². The monoisotopic (exact) mass is 356 g/mol. The molecule has 0 saturated carbocycles. The van der Waals surface area contributed by atoms with Gasteiger partial charge in [0.25, 0.3) is 0 Å². The van der Waals surface area contributed by atoms with E-state index in [0.717, 1.165) is 23.2 Å². The molecular weight excluding hydrogens is 328 g/mol. The van der Waals surface area contributed by atoms with Gasteiger partial charge < -0.3 is 15.0 Å². The first-order valence-electron chi connectivity index (χ1n) is 8.30. The van der Waals surface area contributed by atoms with Gasteiger partial charge in [0.2, 0.25) is 0 Å². The average Bonchev–Trinajstić information content (AvgIpc) is 2.49. The first-order chi connectivity index (χ1) is 10.3. The van der Waals surface area contributed by atoms with Gasteiger partial charge in [-0.1, -0.05) is 6.07 Å². The van der Waals surface area contributed by atoms with Gasteiger partial charge in [-0.15, -0.1) is 0 Å². The van der Waals surface area contributed by atoms with Gasteiger partial charge in [0, 0.05) is 0 Å². The number of halogens is 1. The van der Waals surface area contributed by atoms with Gasteiger partial charge in [-0.05, 0) is 66.2 Å². The van der Waals surface area contributed by atoms with Crippen molar-refractivity contribution in [1.29, 1.82) is 0 Å². The van der Waals surface area contributed by atoms with Crippen LogP contribution in [0.4, 0.5) is 0 Å². The van der Waals surface area contributed by atoms with Crippen molar-refractivity contribution in [3.63, 3.8) is 0 Å². The predicted octanol–water partition coefficient (Wildman–Crippen LogP) is 1.16. The Balaban J connectivity index is 1.50. The Kier molecular flexibility index (Phi) is 7.54. The number of piperazine rings is 1. The third kappa shape index (κ3) is 6.37. The van der Waals surface area contributed by atoms with Crippen LogP contribution in [-0.2, 0) is 0 Å². The van der Waals surface area contributed by atoms with Gasteiger partial charge >= 0.3 is 0 Å². The molecule has 1 heterocycles. The summed E-state index contributed by atoms with van der Waals surface area (Å²) < 4.78 is 6.90. The number of hydrogen-bond acceptors (Lipinski definition) is 1. The lowest BCUT2D eigenvalue weighted by Gasteiger charge is -2.21. The van der Waals surface area contributed by atoms with Gasteiger partial charge in [0.05, 0.1) is 17.6 Å².